The van der Waals surface area contributed by atoms with E-state index in [9.17, 15) is 8.42 Å². The van der Waals surface area contributed by atoms with Gasteiger partial charge in [-0.25, -0.2) is 13.1 Å². The normalized spacial score (nSPS) is 12.2. The maximum atomic E-state index is 11.8. The smallest absolute Gasteiger partial charge is 0.243 e. The first-order valence-corrected chi connectivity index (χ1v) is 7.11. The molecule has 0 aliphatic heterocycles. The Bertz CT molecular complexity index is 439. The van der Waals surface area contributed by atoms with Gasteiger partial charge in [0.25, 0.3) is 0 Å². The first kappa shape index (κ1) is 14.1. The Labute approximate surface area is 103 Å². The van der Waals surface area contributed by atoms with Crippen LogP contribution in [0.15, 0.2) is 17.3 Å². The van der Waals surface area contributed by atoms with Crippen molar-refractivity contribution in [3.05, 3.63) is 12.4 Å². The van der Waals surface area contributed by atoms with E-state index in [2.05, 4.69) is 9.82 Å². The van der Waals surface area contributed by atoms with Gasteiger partial charge >= 0.3 is 0 Å². The van der Waals surface area contributed by atoms with Gasteiger partial charge in [-0.1, -0.05) is 0 Å². The van der Waals surface area contributed by atoms with E-state index in [1.807, 2.05) is 25.9 Å². The van der Waals surface area contributed by atoms with Crippen LogP contribution in [0.3, 0.4) is 0 Å². The molecule has 0 fully saturated rings. The average Bonchev–Trinajstić information content (AvgIpc) is 2.73. The largest absolute Gasteiger partial charge is 0.309 e. The van der Waals surface area contributed by atoms with E-state index in [0.29, 0.717) is 13.1 Å². The lowest BCUT2D eigenvalue weighted by atomic mass is 10.4. The maximum Gasteiger partial charge on any atom is 0.243 e. The predicted molar refractivity (Wildman–Crippen MR) is 66.3 cm³/mol. The Hall–Kier alpha value is -0.920. The molecule has 0 unspecified atom stereocenters. The molecular weight excluding hydrogens is 240 g/mol. The first-order valence-electron chi connectivity index (χ1n) is 5.62. The molecule has 0 saturated carbocycles. The Morgan fingerprint density at radius 1 is 1.47 bits per heavy atom. The lowest BCUT2D eigenvalue weighted by Gasteiger charge is -2.09. The van der Waals surface area contributed by atoms with Crippen LogP contribution in [-0.4, -0.2) is 50.3 Å². The lowest BCUT2D eigenvalue weighted by Crippen LogP contribution is -2.27. The third kappa shape index (κ3) is 4.45. The Morgan fingerprint density at radius 2 is 2.18 bits per heavy atom. The molecule has 0 bridgehead atoms. The predicted octanol–water partition coefficient (Wildman–Crippen LogP) is 0.133. The lowest BCUT2D eigenvalue weighted by molar-refractivity contribution is 0.400. The van der Waals surface area contributed by atoms with Crippen LogP contribution in [0.1, 0.15) is 13.3 Å². The minimum absolute atomic E-state index is 0.226. The number of aromatic nitrogens is 2. The van der Waals surface area contributed by atoms with Gasteiger partial charge < -0.3 is 4.90 Å². The average molecular weight is 260 g/mol. The standard InChI is InChI=1S/C10H20N4O2S/c1-4-14-9-10(8-11-14)17(15,16)12-6-5-7-13(2)3/h8-9,12H,4-7H2,1-3H3. The second-order valence-electron chi connectivity index (χ2n) is 4.09. The van der Waals surface area contributed by atoms with Crippen LogP contribution < -0.4 is 4.72 Å². The van der Waals surface area contributed by atoms with Gasteiger partial charge in [-0.05, 0) is 34.0 Å². The van der Waals surface area contributed by atoms with E-state index in [4.69, 9.17) is 0 Å². The molecule has 0 spiro atoms. The Morgan fingerprint density at radius 3 is 2.71 bits per heavy atom. The van der Waals surface area contributed by atoms with Crippen molar-refractivity contribution < 1.29 is 8.42 Å². The van der Waals surface area contributed by atoms with E-state index < -0.39 is 10.0 Å². The number of hydrogen-bond donors (Lipinski definition) is 1. The van der Waals surface area contributed by atoms with Gasteiger partial charge in [0.15, 0.2) is 0 Å². The van der Waals surface area contributed by atoms with Crippen LogP contribution in [-0.2, 0) is 16.6 Å². The third-order valence-corrected chi connectivity index (χ3v) is 3.73. The summed E-state index contributed by atoms with van der Waals surface area (Å²) in [6.07, 6.45) is 3.69. The summed E-state index contributed by atoms with van der Waals surface area (Å²) in [6.45, 7) is 3.87. The van der Waals surface area contributed by atoms with Crippen LogP contribution in [0.5, 0.6) is 0 Å². The van der Waals surface area contributed by atoms with Gasteiger partial charge in [0.1, 0.15) is 4.90 Å². The number of nitrogens with one attached hydrogen (secondary N) is 1. The zero-order chi connectivity index (χ0) is 12.9. The number of nitrogens with zero attached hydrogens (tertiary/aromatic N) is 3. The molecule has 1 aromatic heterocycles. The molecule has 17 heavy (non-hydrogen) atoms. The number of aryl methyl sites for hydroxylation is 1. The molecule has 0 amide bonds. The number of sulfonamides is 1. The summed E-state index contributed by atoms with van der Waals surface area (Å²) in [6, 6.07) is 0. The van der Waals surface area contributed by atoms with Crippen molar-refractivity contribution in [3.8, 4) is 0 Å². The summed E-state index contributed by atoms with van der Waals surface area (Å²) < 4.78 is 27.8. The molecule has 1 aromatic rings. The molecule has 98 valence electrons. The van der Waals surface area contributed by atoms with E-state index in [-0.39, 0.29) is 4.90 Å². The molecule has 0 saturated heterocycles. The SMILES string of the molecule is CCn1cc(S(=O)(=O)NCCCN(C)C)cn1. The van der Waals surface area contributed by atoms with Gasteiger partial charge in [0.2, 0.25) is 10.0 Å². The molecule has 1 heterocycles. The second-order valence-corrected chi connectivity index (χ2v) is 5.85. The molecule has 1 rings (SSSR count). The molecule has 0 radical (unpaired) electrons. The molecule has 0 aliphatic carbocycles. The topological polar surface area (TPSA) is 67.2 Å². The maximum absolute atomic E-state index is 11.8. The molecule has 6 nitrogen and oxygen atoms in total. The van der Waals surface area contributed by atoms with Gasteiger partial charge in [0, 0.05) is 19.3 Å². The highest BCUT2D eigenvalue weighted by Crippen LogP contribution is 2.06. The summed E-state index contributed by atoms with van der Waals surface area (Å²) in [7, 11) is 0.517. The highest BCUT2D eigenvalue weighted by molar-refractivity contribution is 7.89. The fraction of sp³-hybridized carbons (Fsp3) is 0.700. The van der Waals surface area contributed by atoms with E-state index in [0.717, 1.165) is 13.0 Å². The van der Waals surface area contributed by atoms with Crippen molar-refractivity contribution in [3.63, 3.8) is 0 Å². The highest BCUT2D eigenvalue weighted by Gasteiger charge is 2.15. The van der Waals surface area contributed by atoms with Crippen molar-refractivity contribution in [1.29, 1.82) is 0 Å². The fourth-order valence-electron chi connectivity index (χ4n) is 1.34. The first-order chi connectivity index (χ1) is 7.95. The van der Waals surface area contributed by atoms with Gasteiger partial charge in [0.05, 0.1) is 6.20 Å². The summed E-state index contributed by atoms with van der Waals surface area (Å²) in [5.74, 6) is 0. The van der Waals surface area contributed by atoms with Crippen molar-refractivity contribution >= 4 is 10.0 Å². The summed E-state index contributed by atoms with van der Waals surface area (Å²) in [4.78, 5) is 2.24. The number of rotatable bonds is 7. The zero-order valence-electron chi connectivity index (χ0n) is 10.5. The quantitative estimate of drug-likeness (QED) is 0.708. The molecule has 0 aromatic carbocycles. The fourth-order valence-corrected chi connectivity index (χ4v) is 2.37. The van der Waals surface area contributed by atoms with Crippen molar-refractivity contribution in [2.75, 3.05) is 27.2 Å². The second kappa shape index (κ2) is 6.13. The summed E-state index contributed by atoms with van der Waals surface area (Å²) >= 11 is 0. The molecule has 1 N–H and O–H groups in total. The van der Waals surface area contributed by atoms with Crippen LogP contribution in [0.2, 0.25) is 0 Å². The van der Waals surface area contributed by atoms with Crippen LogP contribution in [0, 0.1) is 0 Å². The molecule has 7 heteroatoms. The minimum atomic E-state index is -3.40. The van der Waals surface area contributed by atoms with Crippen molar-refractivity contribution in [1.82, 2.24) is 19.4 Å². The third-order valence-electron chi connectivity index (χ3n) is 2.32. The van der Waals surface area contributed by atoms with Gasteiger partial charge in [-0.2, -0.15) is 5.10 Å². The molecule has 0 aliphatic rings. The zero-order valence-corrected chi connectivity index (χ0v) is 11.4. The minimum Gasteiger partial charge on any atom is -0.309 e. The molecule has 0 atom stereocenters. The Balaban J connectivity index is 2.51. The Kier molecular flexibility index (Phi) is 5.10. The molecular formula is C10H20N4O2S. The van der Waals surface area contributed by atoms with E-state index in [1.165, 1.54) is 12.4 Å². The van der Waals surface area contributed by atoms with Crippen molar-refractivity contribution in [2.45, 2.75) is 24.8 Å². The van der Waals surface area contributed by atoms with Gasteiger partial charge in [-0.15, -0.1) is 0 Å². The highest BCUT2D eigenvalue weighted by atomic mass is 32.2. The summed E-state index contributed by atoms with van der Waals surface area (Å²) in [5.41, 5.74) is 0. The van der Waals surface area contributed by atoms with E-state index >= 15 is 0 Å². The van der Waals surface area contributed by atoms with Crippen molar-refractivity contribution in [2.24, 2.45) is 0 Å². The number of hydrogen-bond acceptors (Lipinski definition) is 4. The van der Waals surface area contributed by atoms with Crippen LogP contribution in [0.4, 0.5) is 0 Å². The monoisotopic (exact) mass is 260 g/mol. The summed E-state index contributed by atoms with van der Waals surface area (Å²) in [5, 5.41) is 3.95. The van der Waals surface area contributed by atoms with Crippen LogP contribution in [0.25, 0.3) is 0 Å². The van der Waals surface area contributed by atoms with E-state index in [1.54, 1.807) is 4.68 Å². The van der Waals surface area contributed by atoms with Gasteiger partial charge in [-0.3, -0.25) is 4.68 Å². The van der Waals surface area contributed by atoms with Crippen LogP contribution >= 0.6 is 0 Å².